The van der Waals surface area contributed by atoms with Gasteiger partial charge in [0.1, 0.15) is 11.6 Å². The van der Waals surface area contributed by atoms with Crippen LogP contribution in [0.15, 0.2) is 53.8 Å². The minimum atomic E-state index is -0.248. The van der Waals surface area contributed by atoms with Crippen molar-refractivity contribution in [3.8, 4) is 5.75 Å². The number of nitrogens with one attached hydrogen (secondary N) is 2. The van der Waals surface area contributed by atoms with Crippen LogP contribution in [0.3, 0.4) is 0 Å². The average molecular weight is 346 g/mol. The zero-order valence-corrected chi connectivity index (χ0v) is 14.7. The molecule has 0 saturated heterocycles. The van der Waals surface area contributed by atoms with E-state index in [1.54, 1.807) is 12.1 Å². The third kappa shape index (κ3) is 7.74. The highest BCUT2D eigenvalue weighted by atomic mass is 19.1. The number of aliphatic imine (C=N–C) groups is 1. The van der Waals surface area contributed by atoms with Crippen molar-refractivity contribution in [1.82, 2.24) is 15.2 Å². The molecule has 136 valence electrons. The monoisotopic (exact) mass is 346 g/mol. The summed E-state index contributed by atoms with van der Waals surface area (Å²) in [5.74, 6) is 1.29. The summed E-state index contributed by atoms with van der Waals surface area (Å²) in [6, 6.07) is 10.1. The first-order valence-corrected chi connectivity index (χ1v) is 8.79. The van der Waals surface area contributed by atoms with E-state index in [2.05, 4.69) is 27.1 Å². The fourth-order valence-corrected chi connectivity index (χ4v) is 2.29. The van der Waals surface area contributed by atoms with E-state index < -0.39 is 0 Å². The minimum Gasteiger partial charge on any atom is -0.494 e. The summed E-state index contributed by atoms with van der Waals surface area (Å²) in [5, 5.41) is 6.58. The van der Waals surface area contributed by atoms with Crippen molar-refractivity contribution in [3.63, 3.8) is 0 Å². The smallest absolute Gasteiger partial charge is 0.191 e. The molecule has 0 aliphatic rings. The van der Waals surface area contributed by atoms with E-state index in [0.717, 1.165) is 45.0 Å². The van der Waals surface area contributed by atoms with E-state index in [9.17, 15) is 4.39 Å². The highest BCUT2D eigenvalue weighted by Gasteiger charge is 1.98. The zero-order chi connectivity index (χ0) is 17.7. The van der Waals surface area contributed by atoms with Crippen molar-refractivity contribution in [3.05, 3.63) is 54.6 Å². The molecule has 0 bridgehead atoms. The molecular weight excluding hydrogens is 319 g/mol. The van der Waals surface area contributed by atoms with Gasteiger partial charge in [0.15, 0.2) is 5.96 Å². The van der Waals surface area contributed by atoms with Crippen molar-refractivity contribution in [2.24, 2.45) is 4.99 Å². The molecule has 0 atom stereocenters. The zero-order valence-electron chi connectivity index (χ0n) is 14.7. The van der Waals surface area contributed by atoms with Crippen LogP contribution in [0.25, 0.3) is 0 Å². The largest absolute Gasteiger partial charge is 0.494 e. The number of halogens is 1. The number of unbranched alkanes of at least 4 members (excludes halogenated alkanes) is 1. The maximum Gasteiger partial charge on any atom is 0.191 e. The molecule has 0 fully saturated rings. The van der Waals surface area contributed by atoms with Crippen LogP contribution in [-0.2, 0) is 6.54 Å². The first-order chi connectivity index (χ1) is 12.3. The van der Waals surface area contributed by atoms with Gasteiger partial charge < -0.3 is 19.9 Å². The molecule has 0 radical (unpaired) electrons. The Kier molecular flexibility index (Phi) is 8.38. The van der Waals surface area contributed by atoms with Gasteiger partial charge in [-0.3, -0.25) is 4.99 Å². The van der Waals surface area contributed by atoms with Gasteiger partial charge in [0.2, 0.25) is 0 Å². The Morgan fingerprint density at radius 2 is 1.88 bits per heavy atom. The number of rotatable bonds is 10. The van der Waals surface area contributed by atoms with Gasteiger partial charge in [-0.15, -0.1) is 0 Å². The van der Waals surface area contributed by atoms with Crippen LogP contribution in [0.5, 0.6) is 5.75 Å². The molecule has 0 aliphatic heterocycles. The Morgan fingerprint density at radius 1 is 1.12 bits per heavy atom. The van der Waals surface area contributed by atoms with Crippen LogP contribution in [0.1, 0.15) is 19.8 Å². The lowest BCUT2D eigenvalue weighted by molar-refractivity contribution is 0.307. The van der Waals surface area contributed by atoms with Crippen LogP contribution in [0.2, 0.25) is 0 Å². The van der Waals surface area contributed by atoms with Crippen molar-refractivity contribution in [1.29, 1.82) is 0 Å². The molecule has 0 spiro atoms. The maximum atomic E-state index is 12.8. The van der Waals surface area contributed by atoms with Crippen molar-refractivity contribution >= 4 is 5.96 Å². The van der Waals surface area contributed by atoms with Gasteiger partial charge >= 0.3 is 0 Å². The Labute approximate surface area is 148 Å². The molecule has 0 aliphatic carbocycles. The molecule has 0 saturated carbocycles. The van der Waals surface area contributed by atoms with Gasteiger partial charge in [-0.2, -0.15) is 0 Å². The van der Waals surface area contributed by atoms with E-state index in [4.69, 9.17) is 4.74 Å². The van der Waals surface area contributed by atoms with Crippen molar-refractivity contribution < 1.29 is 9.13 Å². The first kappa shape index (κ1) is 18.8. The molecule has 6 heteroatoms. The summed E-state index contributed by atoms with van der Waals surface area (Å²) in [4.78, 5) is 4.57. The summed E-state index contributed by atoms with van der Waals surface area (Å²) in [5.41, 5.74) is 0. The molecule has 5 nitrogen and oxygen atoms in total. The third-order valence-corrected chi connectivity index (χ3v) is 3.58. The van der Waals surface area contributed by atoms with Gasteiger partial charge in [0.25, 0.3) is 0 Å². The molecule has 0 amide bonds. The van der Waals surface area contributed by atoms with Gasteiger partial charge in [-0.25, -0.2) is 4.39 Å². The normalized spacial score (nSPS) is 11.4. The maximum absolute atomic E-state index is 12.8. The number of ether oxygens (including phenoxy) is 1. The molecular formula is C19H27FN4O. The second-order valence-corrected chi connectivity index (χ2v) is 5.62. The highest BCUT2D eigenvalue weighted by molar-refractivity contribution is 5.79. The third-order valence-electron chi connectivity index (χ3n) is 3.58. The fourth-order valence-electron chi connectivity index (χ4n) is 2.29. The quantitative estimate of drug-likeness (QED) is 0.395. The number of aromatic nitrogens is 1. The van der Waals surface area contributed by atoms with Gasteiger partial charge in [0, 0.05) is 38.6 Å². The Hall–Kier alpha value is -2.50. The molecule has 0 unspecified atom stereocenters. The fraction of sp³-hybridized carbons (Fsp3) is 0.421. The SMILES string of the molecule is CCNC(=NCCCCOc1ccc(F)cc1)NCCn1cccc1. The number of hydrogen-bond donors (Lipinski definition) is 2. The van der Waals surface area contributed by atoms with E-state index in [1.165, 1.54) is 12.1 Å². The van der Waals surface area contributed by atoms with E-state index in [-0.39, 0.29) is 5.82 Å². The molecule has 2 rings (SSSR count). The predicted octanol–water partition coefficient (Wildman–Crippen LogP) is 3.04. The van der Waals surface area contributed by atoms with Crippen molar-refractivity contribution in [2.75, 3.05) is 26.2 Å². The van der Waals surface area contributed by atoms with E-state index in [0.29, 0.717) is 12.4 Å². The molecule has 2 aromatic rings. The van der Waals surface area contributed by atoms with Gasteiger partial charge in [-0.1, -0.05) is 0 Å². The molecule has 25 heavy (non-hydrogen) atoms. The number of hydrogen-bond acceptors (Lipinski definition) is 2. The summed E-state index contributed by atoms with van der Waals surface area (Å²) in [6.45, 7) is 5.98. The lowest BCUT2D eigenvalue weighted by Gasteiger charge is -2.11. The lowest BCUT2D eigenvalue weighted by Crippen LogP contribution is -2.38. The van der Waals surface area contributed by atoms with Gasteiger partial charge in [0.05, 0.1) is 6.61 Å². The second-order valence-electron chi connectivity index (χ2n) is 5.62. The average Bonchev–Trinajstić information content (AvgIpc) is 3.13. The van der Waals surface area contributed by atoms with Crippen LogP contribution in [-0.4, -0.2) is 36.8 Å². The Morgan fingerprint density at radius 3 is 2.60 bits per heavy atom. The first-order valence-electron chi connectivity index (χ1n) is 8.79. The van der Waals surface area contributed by atoms with Crippen molar-refractivity contribution in [2.45, 2.75) is 26.3 Å². The Bertz CT molecular complexity index is 611. The van der Waals surface area contributed by atoms with Crippen LogP contribution >= 0.6 is 0 Å². The van der Waals surface area contributed by atoms with E-state index in [1.807, 2.05) is 24.5 Å². The molecule has 2 N–H and O–H groups in total. The second kappa shape index (κ2) is 11.1. The lowest BCUT2D eigenvalue weighted by atomic mass is 10.3. The topological polar surface area (TPSA) is 50.6 Å². The Balaban J connectivity index is 1.60. The number of guanidine groups is 1. The van der Waals surface area contributed by atoms with Gasteiger partial charge in [-0.05, 0) is 56.2 Å². The molecule has 1 heterocycles. The summed E-state index contributed by atoms with van der Waals surface area (Å²) in [7, 11) is 0. The predicted molar refractivity (Wildman–Crippen MR) is 99.5 cm³/mol. The number of nitrogens with zero attached hydrogens (tertiary/aromatic N) is 2. The molecule has 1 aromatic heterocycles. The number of benzene rings is 1. The van der Waals surface area contributed by atoms with E-state index >= 15 is 0 Å². The van der Waals surface area contributed by atoms with Crippen LogP contribution < -0.4 is 15.4 Å². The van der Waals surface area contributed by atoms with Crippen LogP contribution in [0, 0.1) is 5.82 Å². The standard InChI is InChI=1S/C19H27FN4O/c1-2-21-19(23-12-15-24-13-4-5-14-24)22-11-3-6-16-25-18-9-7-17(20)8-10-18/h4-5,7-10,13-14H,2-3,6,11-12,15-16H2,1H3,(H2,21,22,23). The summed E-state index contributed by atoms with van der Waals surface area (Å²) >= 11 is 0. The minimum absolute atomic E-state index is 0.248. The highest BCUT2D eigenvalue weighted by Crippen LogP contribution is 2.11. The molecule has 1 aromatic carbocycles. The summed E-state index contributed by atoms with van der Waals surface area (Å²) in [6.07, 6.45) is 5.94. The van der Waals surface area contributed by atoms with Crippen LogP contribution in [0.4, 0.5) is 4.39 Å². The summed E-state index contributed by atoms with van der Waals surface area (Å²) < 4.78 is 20.5.